The van der Waals surface area contributed by atoms with E-state index < -0.39 is 17.9 Å². The van der Waals surface area contributed by atoms with Crippen molar-refractivity contribution in [1.29, 1.82) is 0 Å². The summed E-state index contributed by atoms with van der Waals surface area (Å²) >= 11 is 5.87. The lowest BCUT2D eigenvalue weighted by Crippen LogP contribution is -2.44. The van der Waals surface area contributed by atoms with E-state index in [-0.39, 0.29) is 12.5 Å². The number of carbonyl (C=O) groups excluding carboxylic acids is 1. The maximum Gasteiger partial charge on any atom is 0.326 e. The van der Waals surface area contributed by atoms with Gasteiger partial charge in [0.25, 0.3) is 5.91 Å². The molecule has 1 fully saturated rings. The Kier molecular flexibility index (Phi) is 4.27. The first-order chi connectivity index (χ1) is 9.08. The largest absolute Gasteiger partial charge is 0.482 e. The molecule has 0 aromatic heterocycles. The van der Waals surface area contributed by atoms with Gasteiger partial charge in [0, 0.05) is 0 Å². The fourth-order valence-electron chi connectivity index (χ4n) is 1.73. The van der Waals surface area contributed by atoms with Crippen LogP contribution in [0, 0.1) is 5.92 Å². The first-order valence-corrected chi connectivity index (χ1v) is 6.35. The van der Waals surface area contributed by atoms with Crippen LogP contribution in [0.5, 0.6) is 5.75 Å². The van der Waals surface area contributed by atoms with Crippen molar-refractivity contribution in [2.45, 2.75) is 18.9 Å². The third-order valence-corrected chi connectivity index (χ3v) is 3.18. The number of ether oxygens (including phenoxy) is 1. The number of hydrogen-bond donors (Lipinski definition) is 2. The zero-order valence-corrected chi connectivity index (χ0v) is 10.9. The molecule has 0 bridgehead atoms. The minimum absolute atomic E-state index is 0.0433. The fourth-order valence-corrected chi connectivity index (χ4v) is 1.92. The number of rotatable bonds is 6. The summed E-state index contributed by atoms with van der Waals surface area (Å²) in [5.41, 5.74) is 0. The van der Waals surface area contributed by atoms with E-state index in [4.69, 9.17) is 21.4 Å². The molecule has 1 amide bonds. The standard InChI is InChI=1S/C13H14ClNO4/c14-9-3-1-2-4-10(9)19-7-11(16)15-12(13(17)18)8-5-6-8/h1-4,8,12H,5-7H2,(H,15,16)(H,17,18)/t12-/m1/s1. The van der Waals surface area contributed by atoms with Crippen LogP contribution >= 0.6 is 11.6 Å². The van der Waals surface area contributed by atoms with Crippen molar-refractivity contribution < 1.29 is 19.4 Å². The lowest BCUT2D eigenvalue weighted by Gasteiger charge is -2.14. The van der Waals surface area contributed by atoms with E-state index in [1.165, 1.54) is 0 Å². The van der Waals surface area contributed by atoms with Crippen molar-refractivity contribution in [1.82, 2.24) is 5.32 Å². The van der Waals surface area contributed by atoms with E-state index in [0.29, 0.717) is 10.8 Å². The molecule has 1 aromatic carbocycles. The molecule has 1 aliphatic carbocycles. The Bertz CT molecular complexity index is 487. The average Bonchev–Trinajstić information content (AvgIpc) is 3.19. The topological polar surface area (TPSA) is 75.6 Å². The molecule has 0 heterocycles. The van der Waals surface area contributed by atoms with E-state index in [9.17, 15) is 9.59 Å². The van der Waals surface area contributed by atoms with Crippen molar-refractivity contribution >= 4 is 23.5 Å². The zero-order chi connectivity index (χ0) is 13.8. The van der Waals surface area contributed by atoms with Crippen LogP contribution in [0.15, 0.2) is 24.3 Å². The van der Waals surface area contributed by atoms with E-state index in [2.05, 4.69) is 5.32 Å². The Morgan fingerprint density at radius 2 is 2.11 bits per heavy atom. The highest BCUT2D eigenvalue weighted by molar-refractivity contribution is 6.32. The van der Waals surface area contributed by atoms with Crippen molar-refractivity contribution in [2.75, 3.05) is 6.61 Å². The minimum Gasteiger partial charge on any atom is -0.482 e. The van der Waals surface area contributed by atoms with Crippen LogP contribution in [0.4, 0.5) is 0 Å². The second kappa shape index (κ2) is 5.93. The number of aliphatic carboxylic acids is 1. The molecule has 1 aliphatic rings. The molecule has 2 rings (SSSR count). The summed E-state index contributed by atoms with van der Waals surface area (Å²) < 4.78 is 5.24. The van der Waals surface area contributed by atoms with E-state index >= 15 is 0 Å². The van der Waals surface area contributed by atoms with Gasteiger partial charge in [-0.15, -0.1) is 0 Å². The molecule has 0 unspecified atom stereocenters. The molecule has 6 heteroatoms. The summed E-state index contributed by atoms with van der Waals surface area (Å²) in [6, 6.07) is 5.97. The molecule has 1 saturated carbocycles. The molecular weight excluding hydrogens is 270 g/mol. The molecule has 1 atom stereocenters. The molecule has 102 valence electrons. The van der Waals surface area contributed by atoms with Crippen LogP contribution in [-0.2, 0) is 9.59 Å². The number of carbonyl (C=O) groups is 2. The quantitative estimate of drug-likeness (QED) is 0.833. The van der Waals surface area contributed by atoms with Crippen molar-refractivity contribution in [3.8, 4) is 5.75 Å². The number of para-hydroxylation sites is 1. The highest BCUT2D eigenvalue weighted by Gasteiger charge is 2.37. The summed E-state index contributed by atoms with van der Waals surface area (Å²) in [6.45, 7) is -0.250. The summed E-state index contributed by atoms with van der Waals surface area (Å²) in [5, 5.41) is 11.9. The minimum atomic E-state index is -1.01. The molecule has 0 spiro atoms. The number of halogens is 1. The van der Waals surface area contributed by atoms with Gasteiger partial charge in [-0.1, -0.05) is 23.7 Å². The van der Waals surface area contributed by atoms with Gasteiger partial charge in [0.1, 0.15) is 11.8 Å². The van der Waals surface area contributed by atoms with Crippen LogP contribution in [0.1, 0.15) is 12.8 Å². The molecule has 1 aromatic rings. The van der Waals surface area contributed by atoms with Gasteiger partial charge in [0.15, 0.2) is 6.61 Å². The number of benzene rings is 1. The van der Waals surface area contributed by atoms with E-state index in [0.717, 1.165) is 12.8 Å². The summed E-state index contributed by atoms with van der Waals surface area (Å²) in [5.74, 6) is -1.02. The molecule has 2 N–H and O–H groups in total. The van der Waals surface area contributed by atoms with Gasteiger partial charge in [-0.2, -0.15) is 0 Å². The lowest BCUT2D eigenvalue weighted by molar-refractivity contribution is -0.142. The fraction of sp³-hybridized carbons (Fsp3) is 0.385. The Hall–Kier alpha value is -1.75. The average molecular weight is 284 g/mol. The summed E-state index contributed by atoms with van der Waals surface area (Å²) in [6.07, 6.45) is 1.67. The number of amides is 1. The molecule has 0 radical (unpaired) electrons. The second-order valence-corrected chi connectivity index (χ2v) is 4.85. The van der Waals surface area contributed by atoms with E-state index in [1.54, 1.807) is 24.3 Å². The summed E-state index contributed by atoms with van der Waals surface area (Å²) in [4.78, 5) is 22.6. The first-order valence-electron chi connectivity index (χ1n) is 5.97. The van der Waals surface area contributed by atoms with Crippen molar-refractivity contribution in [2.24, 2.45) is 5.92 Å². The van der Waals surface area contributed by atoms with Gasteiger partial charge >= 0.3 is 5.97 Å². The number of carboxylic acid groups (broad SMARTS) is 1. The van der Waals surface area contributed by atoms with Crippen molar-refractivity contribution in [3.63, 3.8) is 0 Å². The zero-order valence-electron chi connectivity index (χ0n) is 10.1. The molecule has 19 heavy (non-hydrogen) atoms. The number of carboxylic acids is 1. The van der Waals surface area contributed by atoms with Gasteiger partial charge in [-0.25, -0.2) is 4.79 Å². The first kappa shape index (κ1) is 13.7. The SMILES string of the molecule is O=C(COc1ccccc1Cl)N[C@@H](C(=O)O)C1CC1. The highest BCUT2D eigenvalue weighted by atomic mass is 35.5. The van der Waals surface area contributed by atoms with Crippen LogP contribution in [0.2, 0.25) is 5.02 Å². The number of hydrogen-bond acceptors (Lipinski definition) is 3. The maximum absolute atomic E-state index is 11.6. The Balaban J connectivity index is 1.84. The van der Waals surface area contributed by atoms with E-state index in [1.807, 2.05) is 0 Å². The third kappa shape index (κ3) is 3.86. The van der Waals surface area contributed by atoms with Crippen LogP contribution in [-0.4, -0.2) is 29.6 Å². The predicted octanol–water partition coefficient (Wildman–Crippen LogP) is 1.70. The molecule has 0 aliphatic heterocycles. The molecular formula is C13H14ClNO4. The molecule has 0 saturated heterocycles. The second-order valence-electron chi connectivity index (χ2n) is 4.44. The van der Waals surface area contributed by atoms with Gasteiger partial charge in [0.2, 0.25) is 0 Å². The Morgan fingerprint density at radius 3 is 2.68 bits per heavy atom. The normalized spacial score (nSPS) is 15.6. The highest BCUT2D eigenvalue weighted by Crippen LogP contribution is 2.32. The van der Waals surface area contributed by atoms with Gasteiger partial charge in [-0.3, -0.25) is 4.79 Å². The monoisotopic (exact) mass is 283 g/mol. The van der Waals surface area contributed by atoms with Crippen LogP contribution in [0.25, 0.3) is 0 Å². The Morgan fingerprint density at radius 1 is 1.42 bits per heavy atom. The van der Waals surface area contributed by atoms with Gasteiger partial charge < -0.3 is 15.2 Å². The van der Waals surface area contributed by atoms with Crippen LogP contribution < -0.4 is 10.1 Å². The predicted molar refractivity (Wildman–Crippen MR) is 69.2 cm³/mol. The maximum atomic E-state index is 11.6. The lowest BCUT2D eigenvalue weighted by atomic mass is 10.2. The Labute approximate surface area is 115 Å². The third-order valence-electron chi connectivity index (χ3n) is 2.87. The van der Waals surface area contributed by atoms with Gasteiger partial charge in [-0.05, 0) is 30.9 Å². The van der Waals surface area contributed by atoms with Crippen LogP contribution in [0.3, 0.4) is 0 Å². The number of nitrogens with one attached hydrogen (secondary N) is 1. The smallest absolute Gasteiger partial charge is 0.326 e. The molecule has 5 nitrogen and oxygen atoms in total. The summed E-state index contributed by atoms with van der Waals surface area (Å²) in [7, 11) is 0. The van der Waals surface area contributed by atoms with Gasteiger partial charge in [0.05, 0.1) is 5.02 Å². The van der Waals surface area contributed by atoms with Crippen molar-refractivity contribution in [3.05, 3.63) is 29.3 Å².